The first-order chi connectivity index (χ1) is 12.6. The molecule has 132 valence electrons. The van der Waals surface area contributed by atoms with Gasteiger partial charge in [-0.25, -0.2) is 9.97 Å². The van der Waals surface area contributed by atoms with Crippen LogP contribution in [0.4, 0.5) is 11.4 Å². The van der Waals surface area contributed by atoms with Gasteiger partial charge in [0.25, 0.3) is 0 Å². The summed E-state index contributed by atoms with van der Waals surface area (Å²) in [4.78, 5) is 11.6. The Morgan fingerprint density at radius 2 is 2.12 bits per heavy atom. The molecular formula is C20H20N4S2. The van der Waals surface area contributed by atoms with Gasteiger partial charge in [0.2, 0.25) is 0 Å². The summed E-state index contributed by atoms with van der Waals surface area (Å²) in [7, 11) is 0. The van der Waals surface area contributed by atoms with Crippen molar-refractivity contribution in [3.8, 4) is 0 Å². The van der Waals surface area contributed by atoms with Crippen LogP contribution in [0.3, 0.4) is 0 Å². The van der Waals surface area contributed by atoms with E-state index in [1.54, 1.807) is 11.3 Å². The number of benzene rings is 1. The van der Waals surface area contributed by atoms with E-state index in [0.29, 0.717) is 5.92 Å². The number of hydrogen-bond acceptors (Lipinski definition) is 6. The van der Waals surface area contributed by atoms with Crippen molar-refractivity contribution < 1.29 is 0 Å². The second kappa shape index (κ2) is 6.01. The van der Waals surface area contributed by atoms with Gasteiger partial charge in [0.15, 0.2) is 0 Å². The van der Waals surface area contributed by atoms with E-state index < -0.39 is 0 Å². The smallest absolute Gasteiger partial charge is 0.125 e. The van der Waals surface area contributed by atoms with Gasteiger partial charge in [-0.15, -0.1) is 22.7 Å². The Morgan fingerprint density at radius 3 is 2.96 bits per heavy atom. The third-order valence-electron chi connectivity index (χ3n) is 5.29. The molecule has 0 unspecified atom stereocenters. The largest absolute Gasteiger partial charge is 0.355 e. The van der Waals surface area contributed by atoms with Crippen LogP contribution in [0.2, 0.25) is 0 Å². The maximum absolute atomic E-state index is 4.61. The number of thiophene rings is 1. The number of pyridine rings is 1. The van der Waals surface area contributed by atoms with Crippen molar-refractivity contribution in [2.75, 3.05) is 11.9 Å². The van der Waals surface area contributed by atoms with Gasteiger partial charge < -0.3 is 10.6 Å². The molecule has 0 saturated carbocycles. The highest BCUT2D eigenvalue weighted by molar-refractivity contribution is 7.18. The second-order valence-corrected chi connectivity index (χ2v) is 9.32. The number of thiazole rings is 1. The summed E-state index contributed by atoms with van der Waals surface area (Å²) in [5.74, 6) is 0.543. The summed E-state index contributed by atoms with van der Waals surface area (Å²) in [6.07, 6.45) is 3.08. The Morgan fingerprint density at radius 1 is 1.19 bits per heavy atom. The molecule has 1 atom stereocenters. The lowest BCUT2D eigenvalue weighted by molar-refractivity contribution is 0.415. The summed E-state index contributed by atoms with van der Waals surface area (Å²) in [5.41, 5.74) is 5.24. The summed E-state index contributed by atoms with van der Waals surface area (Å²) >= 11 is 3.49. The zero-order valence-corrected chi connectivity index (χ0v) is 16.4. The first-order valence-corrected chi connectivity index (χ1v) is 10.5. The van der Waals surface area contributed by atoms with Crippen LogP contribution in [0.25, 0.3) is 20.4 Å². The number of aromatic nitrogens is 2. The molecule has 4 aromatic rings. The number of hydrogen-bond donors (Lipinski definition) is 2. The minimum absolute atomic E-state index is 0.143. The van der Waals surface area contributed by atoms with Crippen molar-refractivity contribution in [1.29, 1.82) is 0 Å². The summed E-state index contributed by atoms with van der Waals surface area (Å²) in [5, 5.41) is 8.39. The second-order valence-electron chi connectivity index (χ2n) is 7.38. The molecular weight excluding hydrogens is 360 g/mol. The van der Waals surface area contributed by atoms with E-state index in [1.807, 2.05) is 23.0 Å². The van der Waals surface area contributed by atoms with Crippen LogP contribution in [0, 0.1) is 0 Å². The molecule has 0 radical (unpaired) electrons. The van der Waals surface area contributed by atoms with E-state index in [-0.39, 0.29) is 5.54 Å². The molecule has 1 aromatic carbocycles. The van der Waals surface area contributed by atoms with Crippen LogP contribution < -0.4 is 10.6 Å². The predicted molar refractivity (Wildman–Crippen MR) is 112 cm³/mol. The van der Waals surface area contributed by atoms with E-state index in [1.165, 1.54) is 21.4 Å². The third-order valence-corrected chi connectivity index (χ3v) is 7.26. The number of nitrogens with zero attached hydrogens (tertiary/aromatic N) is 2. The SMILES string of the molecule is CC1(C)NCC[C@H]1c1cc2c(Nc3ccc4scnc4c3)ccnc2s1. The summed E-state index contributed by atoms with van der Waals surface area (Å²) in [6, 6.07) is 10.7. The number of rotatable bonds is 3. The maximum atomic E-state index is 4.61. The van der Waals surface area contributed by atoms with Crippen LogP contribution in [0.15, 0.2) is 42.0 Å². The van der Waals surface area contributed by atoms with Crippen molar-refractivity contribution in [3.05, 3.63) is 46.9 Å². The van der Waals surface area contributed by atoms with Crippen LogP contribution in [-0.4, -0.2) is 22.1 Å². The molecule has 5 rings (SSSR count). The van der Waals surface area contributed by atoms with Gasteiger partial charge in [0.1, 0.15) is 4.83 Å². The van der Waals surface area contributed by atoms with Crippen LogP contribution in [0.1, 0.15) is 31.1 Å². The quantitative estimate of drug-likeness (QED) is 0.492. The molecule has 0 bridgehead atoms. The average Bonchev–Trinajstić information content (AvgIpc) is 3.31. The van der Waals surface area contributed by atoms with Gasteiger partial charge in [-0.2, -0.15) is 0 Å². The fraction of sp³-hybridized carbons (Fsp3) is 0.300. The van der Waals surface area contributed by atoms with Gasteiger partial charge in [-0.05, 0) is 57.1 Å². The average molecular weight is 381 g/mol. The van der Waals surface area contributed by atoms with E-state index in [9.17, 15) is 0 Å². The van der Waals surface area contributed by atoms with Crippen molar-refractivity contribution >= 4 is 54.5 Å². The highest BCUT2D eigenvalue weighted by Crippen LogP contribution is 2.42. The fourth-order valence-corrected chi connectivity index (χ4v) is 5.86. The number of anilines is 2. The predicted octanol–water partition coefficient (Wildman–Crippen LogP) is 5.51. The summed E-state index contributed by atoms with van der Waals surface area (Å²) in [6.45, 7) is 5.67. The van der Waals surface area contributed by atoms with E-state index in [2.05, 4.69) is 64.8 Å². The lowest BCUT2D eigenvalue weighted by Crippen LogP contribution is -2.36. The van der Waals surface area contributed by atoms with Crippen LogP contribution in [-0.2, 0) is 0 Å². The van der Waals surface area contributed by atoms with Crippen molar-refractivity contribution in [3.63, 3.8) is 0 Å². The zero-order chi connectivity index (χ0) is 17.7. The summed E-state index contributed by atoms with van der Waals surface area (Å²) < 4.78 is 1.21. The molecule has 1 aliphatic heterocycles. The molecule has 0 spiro atoms. The molecule has 2 N–H and O–H groups in total. The van der Waals surface area contributed by atoms with Gasteiger partial charge in [-0.3, -0.25) is 0 Å². The molecule has 1 aliphatic rings. The highest BCUT2D eigenvalue weighted by atomic mass is 32.1. The normalized spacial score (nSPS) is 19.4. The molecule has 3 aromatic heterocycles. The fourth-order valence-electron chi connectivity index (χ4n) is 3.85. The molecule has 4 nitrogen and oxygen atoms in total. The van der Waals surface area contributed by atoms with Crippen LogP contribution >= 0.6 is 22.7 Å². The molecule has 6 heteroatoms. The standard InChI is InChI=1S/C20H20N4S2/c1-20(2)14(5-8-23-20)18-10-13-15(6-7-21-19(13)26-18)24-12-3-4-17-16(9-12)22-11-25-17/h3-4,6-7,9-11,14,23H,5,8H2,1-2H3,(H,21,24)/t14-/m0/s1. The maximum Gasteiger partial charge on any atom is 0.125 e. The monoisotopic (exact) mass is 380 g/mol. The number of nitrogens with one attached hydrogen (secondary N) is 2. The van der Waals surface area contributed by atoms with E-state index in [0.717, 1.165) is 28.3 Å². The van der Waals surface area contributed by atoms with Gasteiger partial charge in [-0.1, -0.05) is 0 Å². The molecule has 0 amide bonds. The minimum Gasteiger partial charge on any atom is -0.355 e. The van der Waals surface area contributed by atoms with Gasteiger partial charge in [0.05, 0.1) is 21.4 Å². The third kappa shape index (κ3) is 2.69. The molecule has 1 fully saturated rings. The van der Waals surface area contributed by atoms with Crippen molar-refractivity contribution in [2.24, 2.45) is 0 Å². The Balaban J connectivity index is 1.53. The first-order valence-electron chi connectivity index (χ1n) is 8.84. The minimum atomic E-state index is 0.143. The van der Waals surface area contributed by atoms with E-state index >= 15 is 0 Å². The Labute approximate surface area is 160 Å². The molecule has 4 heterocycles. The Bertz CT molecular complexity index is 1100. The molecule has 0 aliphatic carbocycles. The van der Waals surface area contributed by atoms with Gasteiger partial charge in [0, 0.05) is 33.6 Å². The first kappa shape index (κ1) is 16.2. The van der Waals surface area contributed by atoms with Gasteiger partial charge >= 0.3 is 0 Å². The van der Waals surface area contributed by atoms with Crippen LogP contribution in [0.5, 0.6) is 0 Å². The van der Waals surface area contributed by atoms with Crippen molar-refractivity contribution in [1.82, 2.24) is 15.3 Å². The highest BCUT2D eigenvalue weighted by Gasteiger charge is 2.36. The number of fused-ring (bicyclic) bond motifs is 2. The van der Waals surface area contributed by atoms with Crippen molar-refractivity contribution in [2.45, 2.75) is 31.7 Å². The molecule has 26 heavy (non-hydrogen) atoms. The molecule has 1 saturated heterocycles. The van der Waals surface area contributed by atoms with E-state index in [4.69, 9.17) is 0 Å². The Hall–Kier alpha value is -2.02. The Kier molecular flexibility index (Phi) is 3.74. The topological polar surface area (TPSA) is 49.8 Å². The lowest BCUT2D eigenvalue weighted by atomic mass is 9.88. The lowest BCUT2D eigenvalue weighted by Gasteiger charge is -2.26. The zero-order valence-electron chi connectivity index (χ0n) is 14.7.